The fourth-order valence-corrected chi connectivity index (χ4v) is 6.34. The minimum absolute atomic E-state index is 0.985. The summed E-state index contributed by atoms with van der Waals surface area (Å²) < 4.78 is 2.29. The van der Waals surface area contributed by atoms with E-state index < -0.39 is 0 Å². The highest BCUT2D eigenvalue weighted by molar-refractivity contribution is 6.14. The zero-order chi connectivity index (χ0) is 26.9. The molecule has 0 unspecified atom stereocenters. The van der Waals surface area contributed by atoms with Gasteiger partial charge in [0.25, 0.3) is 0 Å². The van der Waals surface area contributed by atoms with Gasteiger partial charge in [0.1, 0.15) is 5.65 Å². The van der Waals surface area contributed by atoms with Crippen molar-refractivity contribution in [2.24, 2.45) is 0 Å². The molecule has 9 rings (SSSR count). The molecule has 0 aliphatic rings. The first-order chi connectivity index (χ1) is 20.3. The maximum absolute atomic E-state index is 5.09. The van der Waals surface area contributed by atoms with Gasteiger partial charge in [-0.15, -0.1) is 0 Å². The molecule has 3 heterocycles. The monoisotopic (exact) mass is 521 g/mol. The number of imidazole rings is 1. The smallest absolute Gasteiger partial charge is 0.146 e. The molecule has 0 N–H and O–H groups in total. The third-order valence-corrected chi connectivity index (χ3v) is 8.36. The number of pyridine rings is 2. The van der Waals surface area contributed by atoms with E-state index in [1.807, 2.05) is 0 Å². The van der Waals surface area contributed by atoms with Crippen molar-refractivity contribution in [3.05, 3.63) is 140 Å². The normalized spacial score (nSPS) is 11.9. The first-order valence-electron chi connectivity index (χ1n) is 13.9. The summed E-state index contributed by atoms with van der Waals surface area (Å²) in [5.74, 6) is 0. The number of fused-ring (bicyclic) bond motifs is 11. The molecular formula is C38H23N3. The largest absolute Gasteiger partial charge is 0.292 e. The topological polar surface area (TPSA) is 30.2 Å². The second-order valence-corrected chi connectivity index (χ2v) is 10.7. The van der Waals surface area contributed by atoms with Crippen LogP contribution in [0.3, 0.4) is 0 Å². The molecule has 3 nitrogen and oxygen atoms in total. The summed E-state index contributed by atoms with van der Waals surface area (Å²) >= 11 is 0. The number of para-hydroxylation sites is 3. The van der Waals surface area contributed by atoms with Gasteiger partial charge in [0.05, 0.1) is 27.8 Å². The highest BCUT2D eigenvalue weighted by Gasteiger charge is 2.14. The minimum Gasteiger partial charge on any atom is -0.292 e. The fourth-order valence-electron chi connectivity index (χ4n) is 6.34. The lowest BCUT2D eigenvalue weighted by Crippen LogP contribution is -1.92. The SMILES string of the molecule is c1ccc2c(c1)ccc1ccc(-c3ccc(-c4ccc5c(c4)c4ccccc4n4c6ccccc6nc54)cc3)nc12. The number of hydrogen-bond donors (Lipinski definition) is 0. The van der Waals surface area contributed by atoms with Crippen molar-refractivity contribution >= 4 is 60.0 Å². The van der Waals surface area contributed by atoms with Crippen molar-refractivity contribution in [1.29, 1.82) is 0 Å². The van der Waals surface area contributed by atoms with Gasteiger partial charge in [0.2, 0.25) is 0 Å². The van der Waals surface area contributed by atoms with Crippen molar-refractivity contribution < 1.29 is 0 Å². The zero-order valence-corrected chi connectivity index (χ0v) is 22.1. The van der Waals surface area contributed by atoms with Crippen LogP contribution in [0.25, 0.3) is 82.4 Å². The van der Waals surface area contributed by atoms with Crippen molar-refractivity contribution in [3.63, 3.8) is 0 Å². The predicted molar refractivity (Wildman–Crippen MR) is 171 cm³/mol. The first kappa shape index (κ1) is 22.3. The van der Waals surface area contributed by atoms with Crippen LogP contribution in [0.2, 0.25) is 0 Å². The lowest BCUT2D eigenvalue weighted by atomic mass is 9.98. The molecular weight excluding hydrogens is 498 g/mol. The Morgan fingerprint density at radius 1 is 0.415 bits per heavy atom. The molecule has 190 valence electrons. The molecule has 0 radical (unpaired) electrons. The second-order valence-electron chi connectivity index (χ2n) is 10.7. The van der Waals surface area contributed by atoms with E-state index in [0.29, 0.717) is 0 Å². The number of benzene rings is 6. The molecule has 0 fully saturated rings. The summed E-state index contributed by atoms with van der Waals surface area (Å²) in [7, 11) is 0. The lowest BCUT2D eigenvalue weighted by Gasteiger charge is -2.11. The molecule has 3 aromatic heterocycles. The third kappa shape index (κ3) is 3.33. The van der Waals surface area contributed by atoms with E-state index in [-0.39, 0.29) is 0 Å². The average molecular weight is 522 g/mol. The zero-order valence-electron chi connectivity index (χ0n) is 22.1. The highest BCUT2D eigenvalue weighted by Crippen LogP contribution is 2.35. The average Bonchev–Trinajstić information content (AvgIpc) is 3.44. The Morgan fingerprint density at radius 3 is 2.00 bits per heavy atom. The molecule has 9 aromatic rings. The van der Waals surface area contributed by atoms with E-state index in [1.165, 1.54) is 38.2 Å². The van der Waals surface area contributed by atoms with Crippen LogP contribution in [0.1, 0.15) is 0 Å². The maximum atomic E-state index is 5.09. The van der Waals surface area contributed by atoms with Gasteiger partial charge < -0.3 is 0 Å². The van der Waals surface area contributed by atoms with Gasteiger partial charge in [-0.1, -0.05) is 103 Å². The van der Waals surface area contributed by atoms with Crippen molar-refractivity contribution in [3.8, 4) is 22.4 Å². The number of rotatable bonds is 2. The lowest BCUT2D eigenvalue weighted by molar-refractivity contribution is 1.31. The van der Waals surface area contributed by atoms with Crippen LogP contribution in [0, 0.1) is 0 Å². The molecule has 0 aliphatic heterocycles. The summed E-state index contributed by atoms with van der Waals surface area (Å²) in [5, 5.41) is 7.16. The van der Waals surface area contributed by atoms with E-state index in [2.05, 4.69) is 144 Å². The number of nitrogens with zero attached hydrogens (tertiary/aromatic N) is 3. The van der Waals surface area contributed by atoms with Gasteiger partial charge in [-0.2, -0.15) is 0 Å². The molecule has 0 saturated heterocycles. The molecule has 3 heteroatoms. The molecule has 0 atom stereocenters. The third-order valence-electron chi connectivity index (χ3n) is 8.36. The van der Waals surface area contributed by atoms with Crippen LogP contribution in [-0.4, -0.2) is 14.4 Å². The standard InChI is InChI=1S/C38H23N3/c1-2-8-29-25(7-1)15-18-27-20-22-33(39-37(27)29)26-16-13-24(14-17-26)28-19-21-31-32(23-28)30-9-3-5-11-35(30)41-36-12-6-4-10-34(36)40-38(31)41/h1-23H. The van der Waals surface area contributed by atoms with Crippen molar-refractivity contribution in [1.82, 2.24) is 14.4 Å². The Balaban J connectivity index is 1.18. The Hall–Kier alpha value is -5.54. The van der Waals surface area contributed by atoms with E-state index in [4.69, 9.17) is 9.97 Å². The molecule has 0 spiro atoms. The molecule has 0 amide bonds. The van der Waals surface area contributed by atoms with Crippen LogP contribution in [0.4, 0.5) is 0 Å². The molecule has 41 heavy (non-hydrogen) atoms. The summed E-state index contributed by atoms with van der Waals surface area (Å²) in [6.07, 6.45) is 0. The van der Waals surface area contributed by atoms with Crippen LogP contribution in [-0.2, 0) is 0 Å². The summed E-state index contributed by atoms with van der Waals surface area (Å²) in [4.78, 5) is 10.1. The van der Waals surface area contributed by atoms with Crippen molar-refractivity contribution in [2.45, 2.75) is 0 Å². The Morgan fingerprint density at radius 2 is 1.10 bits per heavy atom. The van der Waals surface area contributed by atoms with E-state index >= 15 is 0 Å². The van der Waals surface area contributed by atoms with Gasteiger partial charge in [-0.25, -0.2) is 9.97 Å². The van der Waals surface area contributed by atoms with Gasteiger partial charge in [0, 0.05) is 27.1 Å². The van der Waals surface area contributed by atoms with Crippen LogP contribution < -0.4 is 0 Å². The second kappa shape index (κ2) is 8.48. The van der Waals surface area contributed by atoms with E-state index in [9.17, 15) is 0 Å². The molecule has 0 bridgehead atoms. The van der Waals surface area contributed by atoms with Gasteiger partial charge in [-0.3, -0.25) is 4.40 Å². The van der Waals surface area contributed by atoms with E-state index in [1.54, 1.807) is 0 Å². The van der Waals surface area contributed by atoms with Crippen LogP contribution >= 0.6 is 0 Å². The fraction of sp³-hybridized carbons (Fsp3) is 0. The summed E-state index contributed by atoms with van der Waals surface area (Å²) in [5.41, 5.74) is 9.83. The van der Waals surface area contributed by atoms with Gasteiger partial charge >= 0.3 is 0 Å². The van der Waals surface area contributed by atoms with Crippen LogP contribution in [0.5, 0.6) is 0 Å². The highest BCUT2D eigenvalue weighted by atomic mass is 15.0. The van der Waals surface area contributed by atoms with Gasteiger partial charge in [0.15, 0.2) is 0 Å². The minimum atomic E-state index is 0.985. The number of hydrogen-bond acceptors (Lipinski definition) is 2. The summed E-state index contributed by atoms with van der Waals surface area (Å²) in [6, 6.07) is 49.6. The number of aromatic nitrogens is 3. The van der Waals surface area contributed by atoms with Gasteiger partial charge in [-0.05, 0) is 58.3 Å². The van der Waals surface area contributed by atoms with Crippen LogP contribution in [0.15, 0.2) is 140 Å². The molecule has 0 aliphatic carbocycles. The summed E-state index contributed by atoms with van der Waals surface area (Å²) in [6.45, 7) is 0. The van der Waals surface area contributed by atoms with E-state index in [0.717, 1.165) is 44.2 Å². The Labute approximate surface area is 236 Å². The Kier molecular flexibility index (Phi) is 4.61. The van der Waals surface area contributed by atoms with Crippen molar-refractivity contribution in [2.75, 3.05) is 0 Å². The Bertz CT molecular complexity index is 2470. The maximum Gasteiger partial charge on any atom is 0.146 e. The predicted octanol–water partition coefficient (Wildman–Crippen LogP) is 9.83. The quantitative estimate of drug-likeness (QED) is 0.212. The first-order valence-corrected chi connectivity index (χ1v) is 13.9. The molecule has 0 saturated carbocycles. The molecule has 6 aromatic carbocycles.